The van der Waals surface area contributed by atoms with Gasteiger partial charge in [-0.3, -0.25) is 0 Å². The van der Waals surface area contributed by atoms with Crippen LogP contribution in [-0.4, -0.2) is 51.7 Å². The molecule has 4 nitrogen and oxygen atoms in total. The van der Waals surface area contributed by atoms with Gasteiger partial charge in [-0.15, -0.1) is 0 Å². The molecule has 1 fully saturated rings. The van der Waals surface area contributed by atoms with Crippen LogP contribution >= 0.6 is 0 Å². The van der Waals surface area contributed by atoms with E-state index in [9.17, 15) is 0 Å². The second kappa shape index (κ2) is 8.67. The number of nitrogens with one attached hydrogen (secondary N) is 1. The van der Waals surface area contributed by atoms with Crippen molar-refractivity contribution >= 4 is 0 Å². The third kappa shape index (κ3) is 5.48. The van der Waals surface area contributed by atoms with Crippen LogP contribution in [0.4, 0.5) is 0 Å². The van der Waals surface area contributed by atoms with Gasteiger partial charge >= 0.3 is 0 Å². The second-order valence-corrected chi connectivity index (χ2v) is 6.78. The van der Waals surface area contributed by atoms with E-state index in [0.29, 0.717) is 25.4 Å². The molecule has 130 valence electrons. The zero-order valence-corrected chi connectivity index (χ0v) is 15.3. The first-order valence-electron chi connectivity index (χ1n) is 8.73. The van der Waals surface area contributed by atoms with E-state index >= 15 is 0 Å². The summed E-state index contributed by atoms with van der Waals surface area (Å²) in [6.07, 6.45) is 0.703. The van der Waals surface area contributed by atoms with Crippen molar-refractivity contribution in [1.29, 1.82) is 0 Å². The van der Waals surface area contributed by atoms with Gasteiger partial charge in [0.15, 0.2) is 0 Å². The SMILES string of the molecule is Cc1ccc(C)c(OCCOCC[NH+]2C[C@@H](C)O[C@@H](C)C2)c1C. The smallest absolute Gasteiger partial charge is 0.125 e. The van der Waals surface area contributed by atoms with Crippen molar-refractivity contribution in [3.8, 4) is 5.75 Å². The lowest BCUT2D eigenvalue weighted by Gasteiger charge is -2.32. The van der Waals surface area contributed by atoms with Gasteiger partial charge in [0.2, 0.25) is 0 Å². The minimum atomic E-state index is 0.351. The lowest BCUT2D eigenvalue weighted by atomic mass is 10.1. The Kier molecular flexibility index (Phi) is 6.88. The fraction of sp³-hybridized carbons (Fsp3) is 0.684. The minimum Gasteiger partial charge on any atom is -0.491 e. The molecule has 0 aliphatic carbocycles. The predicted octanol–water partition coefficient (Wildman–Crippen LogP) is 1.70. The fourth-order valence-electron chi connectivity index (χ4n) is 3.26. The van der Waals surface area contributed by atoms with Crippen molar-refractivity contribution in [1.82, 2.24) is 0 Å². The van der Waals surface area contributed by atoms with Crippen LogP contribution in [0.3, 0.4) is 0 Å². The van der Waals surface area contributed by atoms with Gasteiger partial charge in [0.1, 0.15) is 44.2 Å². The lowest BCUT2D eigenvalue weighted by Crippen LogP contribution is -3.15. The molecule has 1 N–H and O–H groups in total. The van der Waals surface area contributed by atoms with Gasteiger partial charge < -0.3 is 19.1 Å². The van der Waals surface area contributed by atoms with Crippen molar-refractivity contribution in [2.24, 2.45) is 0 Å². The Morgan fingerprint density at radius 2 is 1.65 bits per heavy atom. The average Bonchev–Trinajstić information content (AvgIpc) is 2.48. The topological polar surface area (TPSA) is 32.1 Å². The molecule has 0 radical (unpaired) electrons. The molecule has 0 spiro atoms. The van der Waals surface area contributed by atoms with E-state index in [1.54, 1.807) is 4.90 Å². The summed E-state index contributed by atoms with van der Waals surface area (Å²) >= 11 is 0. The van der Waals surface area contributed by atoms with Gasteiger partial charge in [0.05, 0.1) is 13.2 Å². The molecule has 23 heavy (non-hydrogen) atoms. The van der Waals surface area contributed by atoms with Crippen LogP contribution in [-0.2, 0) is 9.47 Å². The summed E-state index contributed by atoms with van der Waals surface area (Å²) in [5, 5.41) is 0. The molecule has 0 bridgehead atoms. The Morgan fingerprint density at radius 1 is 1.00 bits per heavy atom. The first-order chi connectivity index (χ1) is 11.0. The van der Waals surface area contributed by atoms with Gasteiger partial charge in [-0.05, 0) is 51.3 Å². The highest BCUT2D eigenvalue weighted by atomic mass is 16.5. The van der Waals surface area contributed by atoms with Gasteiger partial charge in [-0.25, -0.2) is 0 Å². The lowest BCUT2D eigenvalue weighted by molar-refractivity contribution is -0.915. The number of benzene rings is 1. The highest BCUT2D eigenvalue weighted by Crippen LogP contribution is 2.25. The summed E-state index contributed by atoms with van der Waals surface area (Å²) in [6.45, 7) is 15.8. The zero-order chi connectivity index (χ0) is 16.8. The van der Waals surface area contributed by atoms with Crippen molar-refractivity contribution in [3.63, 3.8) is 0 Å². The summed E-state index contributed by atoms with van der Waals surface area (Å²) in [7, 11) is 0. The van der Waals surface area contributed by atoms with E-state index < -0.39 is 0 Å². The van der Waals surface area contributed by atoms with E-state index in [0.717, 1.165) is 32.0 Å². The molecule has 0 saturated carbocycles. The molecule has 1 aliphatic heterocycles. The Hall–Kier alpha value is -1.10. The number of hydrogen-bond acceptors (Lipinski definition) is 3. The van der Waals surface area contributed by atoms with E-state index in [4.69, 9.17) is 14.2 Å². The molecular weight excluding hydrogens is 290 g/mol. The number of hydrogen-bond donors (Lipinski definition) is 1. The molecule has 4 heteroatoms. The fourth-order valence-corrected chi connectivity index (χ4v) is 3.26. The maximum absolute atomic E-state index is 5.92. The molecule has 1 aromatic carbocycles. The maximum Gasteiger partial charge on any atom is 0.125 e. The molecule has 0 aromatic heterocycles. The average molecular weight is 322 g/mol. The summed E-state index contributed by atoms with van der Waals surface area (Å²) in [5.74, 6) is 1.01. The summed E-state index contributed by atoms with van der Waals surface area (Å²) in [4.78, 5) is 1.57. The number of aryl methyl sites for hydroxylation is 2. The zero-order valence-electron chi connectivity index (χ0n) is 15.3. The van der Waals surface area contributed by atoms with Crippen LogP contribution in [0.25, 0.3) is 0 Å². The number of ether oxygens (including phenoxy) is 3. The minimum absolute atomic E-state index is 0.351. The van der Waals surface area contributed by atoms with Crippen LogP contribution in [0.2, 0.25) is 0 Å². The standard InChI is InChI=1S/C19H31NO3/c1-14-6-7-15(2)19(18(14)5)22-11-10-21-9-8-20-12-16(3)23-17(4)13-20/h6-7,16-17H,8-13H2,1-5H3/p+1/t16-,17+. The molecule has 3 atom stereocenters. The molecule has 1 aliphatic rings. The Labute approximate surface area is 140 Å². The number of quaternary nitrogens is 1. The quantitative estimate of drug-likeness (QED) is 0.776. The molecule has 1 heterocycles. The van der Waals surface area contributed by atoms with Gasteiger partial charge in [-0.1, -0.05) is 12.1 Å². The van der Waals surface area contributed by atoms with Crippen molar-refractivity contribution in [2.45, 2.75) is 46.8 Å². The van der Waals surface area contributed by atoms with Crippen molar-refractivity contribution in [2.75, 3.05) is 39.5 Å². The van der Waals surface area contributed by atoms with Gasteiger partial charge in [0, 0.05) is 0 Å². The monoisotopic (exact) mass is 322 g/mol. The van der Waals surface area contributed by atoms with Gasteiger partial charge in [0.25, 0.3) is 0 Å². The van der Waals surface area contributed by atoms with E-state index in [-0.39, 0.29) is 0 Å². The predicted molar refractivity (Wildman–Crippen MR) is 92.5 cm³/mol. The summed E-state index contributed by atoms with van der Waals surface area (Å²) in [6, 6.07) is 4.25. The molecule has 1 aromatic rings. The first-order valence-corrected chi connectivity index (χ1v) is 8.73. The summed E-state index contributed by atoms with van der Waals surface area (Å²) < 4.78 is 17.4. The third-order valence-corrected chi connectivity index (χ3v) is 4.56. The highest BCUT2D eigenvalue weighted by molar-refractivity contribution is 5.44. The second-order valence-electron chi connectivity index (χ2n) is 6.78. The first kappa shape index (κ1) is 18.2. The molecular formula is C19H32NO3+. The van der Waals surface area contributed by atoms with Crippen LogP contribution in [0.5, 0.6) is 5.75 Å². The maximum atomic E-state index is 5.92. The van der Waals surface area contributed by atoms with Crippen LogP contribution < -0.4 is 9.64 Å². The largest absolute Gasteiger partial charge is 0.491 e. The normalized spacial score (nSPS) is 24.7. The van der Waals surface area contributed by atoms with Crippen molar-refractivity contribution < 1.29 is 19.1 Å². The van der Waals surface area contributed by atoms with E-state index in [2.05, 4.69) is 46.8 Å². The number of rotatable bonds is 7. The third-order valence-electron chi connectivity index (χ3n) is 4.56. The van der Waals surface area contributed by atoms with Crippen molar-refractivity contribution in [3.05, 3.63) is 28.8 Å². The Balaban J connectivity index is 1.64. The molecule has 1 unspecified atom stereocenters. The Bertz CT molecular complexity index is 494. The van der Waals surface area contributed by atoms with Gasteiger partial charge in [-0.2, -0.15) is 0 Å². The molecule has 0 amide bonds. The molecule has 1 saturated heterocycles. The van der Waals surface area contributed by atoms with Crippen LogP contribution in [0.1, 0.15) is 30.5 Å². The summed E-state index contributed by atoms with van der Waals surface area (Å²) in [5.41, 5.74) is 3.69. The molecule has 2 rings (SSSR count). The van der Waals surface area contributed by atoms with Crippen LogP contribution in [0.15, 0.2) is 12.1 Å². The van der Waals surface area contributed by atoms with E-state index in [1.807, 2.05) is 0 Å². The van der Waals surface area contributed by atoms with Crippen LogP contribution in [0, 0.1) is 20.8 Å². The Morgan fingerprint density at radius 3 is 2.35 bits per heavy atom. The van der Waals surface area contributed by atoms with E-state index in [1.165, 1.54) is 16.7 Å². The highest BCUT2D eigenvalue weighted by Gasteiger charge is 2.24. The number of morpholine rings is 1.